The molecule has 0 aliphatic carbocycles. The van der Waals surface area contributed by atoms with Gasteiger partial charge in [-0.1, -0.05) is 0 Å². The van der Waals surface area contributed by atoms with Gasteiger partial charge in [0, 0.05) is 23.1 Å². The Morgan fingerprint density at radius 2 is 2.28 bits per heavy atom. The fourth-order valence-electron chi connectivity index (χ4n) is 1.47. The predicted molar refractivity (Wildman–Crippen MR) is 75.7 cm³/mol. The van der Waals surface area contributed by atoms with Crippen LogP contribution in [0.1, 0.15) is 15.6 Å². The molecule has 0 aliphatic rings. The van der Waals surface area contributed by atoms with E-state index in [1.165, 1.54) is 0 Å². The van der Waals surface area contributed by atoms with Crippen LogP contribution in [0.2, 0.25) is 0 Å². The summed E-state index contributed by atoms with van der Waals surface area (Å²) in [5.41, 5.74) is 1.63. The fourth-order valence-corrected chi connectivity index (χ4v) is 2.70. The van der Waals surface area contributed by atoms with E-state index in [-0.39, 0.29) is 0 Å². The van der Waals surface area contributed by atoms with Crippen LogP contribution >= 0.6 is 27.3 Å². The van der Waals surface area contributed by atoms with Gasteiger partial charge >= 0.3 is 0 Å². The number of nitrogens with one attached hydrogen (secondary N) is 1. The summed E-state index contributed by atoms with van der Waals surface area (Å²) in [6.45, 7) is 2.74. The number of hydrogen-bond acceptors (Lipinski definition) is 5. The average Bonchev–Trinajstić information content (AvgIpc) is 2.77. The highest BCUT2D eigenvalue weighted by molar-refractivity contribution is 9.10. The Labute approximate surface area is 118 Å². The maximum absolute atomic E-state index is 8.77. The van der Waals surface area contributed by atoms with Crippen LogP contribution in [0.4, 0.5) is 5.69 Å². The first-order valence-electron chi connectivity index (χ1n) is 5.41. The zero-order valence-corrected chi connectivity index (χ0v) is 12.2. The number of anilines is 1. The summed E-state index contributed by atoms with van der Waals surface area (Å²) >= 11 is 5.06. The second kappa shape index (κ2) is 5.94. The van der Waals surface area contributed by atoms with Crippen molar-refractivity contribution in [3.8, 4) is 6.07 Å². The molecule has 2 aromatic rings. The highest BCUT2D eigenvalue weighted by Gasteiger charge is 2.03. The third-order valence-electron chi connectivity index (χ3n) is 2.32. The van der Waals surface area contributed by atoms with E-state index in [2.05, 4.69) is 37.5 Å². The van der Waals surface area contributed by atoms with Crippen LogP contribution in [0.3, 0.4) is 0 Å². The summed E-state index contributed by atoms with van der Waals surface area (Å²) in [6, 6.07) is 7.60. The summed E-state index contributed by atoms with van der Waals surface area (Å²) in [4.78, 5) is 0. The van der Waals surface area contributed by atoms with Crippen molar-refractivity contribution in [1.82, 2.24) is 10.2 Å². The van der Waals surface area contributed by atoms with Crippen molar-refractivity contribution in [2.24, 2.45) is 0 Å². The summed E-state index contributed by atoms with van der Waals surface area (Å²) in [6.07, 6.45) is 0.845. The number of aromatic nitrogens is 2. The zero-order valence-electron chi connectivity index (χ0n) is 9.77. The van der Waals surface area contributed by atoms with Crippen molar-refractivity contribution >= 4 is 33.0 Å². The molecule has 0 saturated heterocycles. The number of benzene rings is 1. The van der Waals surface area contributed by atoms with Crippen LogP contribution in [0.5, 0.6) is 0 Å². The molecule has 1 aromatic carbocycles. The van der Waals surface area contributed by atoms with Crippen LogP contribution in [-0.2, 0) is 6.42 Å². The molecule has 0 bridgehead atoms. The monoisotopic (exact) mass is 322 g/mol. The first-order chi connectivity index (χ1) is 8.69. The first kappa shape index (κ1) is 13.0. The molecule has 0 atom stereocenters. The van der Waals surface area contributed by atoms with Gasteiger partial charge in [-0.3, -0.25) is 0 Å². The van der Waals surface area contributed by atoms with Crippen molar-refractivity contribution in [2.75, 3.05) is 11.9 Å². The van der Waals surface area contributed by atoms with E-state index in [1.807, 2.05) is 13.0 Å². The van der Waals surface area contributed by atoms with Crippen molar-refractivity contribution in [1.29, 1.82) is 5.26 Å². The lowest BCUT2D eigenvalue weighted by Crippen LogP contribution is -2.05. The summed E-state index contributed by atoms with van der Waals surface area (Å²) in [7, 11) is 0. The van der Waals surface area contributed by atoms with Gasteiger partial charge in [0.1, 0.15) is 10.0 Å². The lowest BCUT2D eigenvalue weighted by Gasteiger charge is -2.07. The normalized spacial score (nSPS) is 10.1. The molecule has 1 heterocycles. The molecule has 0 radical (unpaired) electrons. The Hall–Kier alpha value is -1.45. The number of nitrogens with zero attached hydrogens (tertiary/aromatic N) is 3. The lowest BCUT2D eigenvalue weighted by atomic mass is 10.2. The number of aryl methyl sites for hydroxylation is 1. The maximum atomic E-state index is 8.77. The number of halogens is 1. The third kappa shape index (κ3) is 3.28. The van der Waals surface area contributed by atoms with Crippen molar-refractivity contribution in [3.05, 3.63) is 38.3 Å². The largest absolute Gasteiger partial charge is 0.384 e. The van der Waals surface area contributed by atoms with E-state index >= 15 is 0 Å². The third-order valence-corrected chi connectivity index (χ3v) is 3.87. The van der Waals surface area contributed by atoms with Crippen LogP contribution in [-0.4, -0.2) is 16.7 Å². The minimum atomic E-state index is 0.646. The molecular weight excluding hydrogens is 312 g/mol. The van der Waals surface area contributed by atoms with Gasteiger partial charge in [-0.25, -0.2) is 0 Å². The summed E-state index contributed by atoms with van der Waals surface area (Å²) in [5.74, 6) is 0. The Morgan fingerprint density at radius 3 is 2.89 bits per heavy atom. The Kier molecular flexibility index (Phi) is 4.28. The van der Waals surface area contributed by atoms with Crippen LogP contribution < -0.4 is 5.32 Å². The number of hydrogen-bond donors (Lipinski definition) is 1. The average molecular weight is 323 g/mol. The van der Waals surface area contributed by atoms with Crippen molar-refractivity contribution in [2.45, 2.75) is 13.3 Å². The molecule has 18 heavy (non-hydrogen) atoms. The lowest BCUT2D eigenvalue weighted by molar-refractivity contribution is 0.930. The SMILES string of the molecule is Cc1nnc(CCNc2ccc(C#N)cc2Br)s1. The van der Waals surface area contributed by atoms with E-state index < -0.39 is 0 Å². The summed E-state index contributed by atoms with van der Waals surface area (Å²) < 4.78 is 0.898. The zero-order chi connectivity index (χ0) is 13.0. The molecule has 1 N–H and O–H groups in total. The molecule has 0 amide bonds. The number of nitriles is 1. The Balaban J connectivity index is 1.92. The van der Waals surface area contributed by atoms with E-state index in [9.17, 15) is 0 Å². The second-order valence-corrected chi connectivity index (χ2v) is 5.82. The molecule has 92 valence electrons. The molecule has 0 spiro atoms. The molecule has 0 unspecified atom stereocenters. The van der Waals surface area contributed by atoms with E-state index in [0.717, 1.165) is 33.1 Å². The standard InChI is InChI=1S/C12H11BrN4S/c1-8-16-17-12(18-8)4-5-15-11-3-2-9(7-14)6-10(11)13/h2-3,6,15H,4-5H2,1H3. The van der Waals surface area contributed by atoms with E-state index in [1.54, 1.807) is 23.5 Å². The van der Waals surface area contributed by atoms with E-state index in [0.29, 0.717) is 5.56 Å². The quantitative estimate of drug-likeness (QED) is 0.939. The Morgan fingerprint density at radius 1 is 1.44 bits per heavy atom. The van der Waals surface area contributed by atoms with Crippen LogP contribution in [0.25, 0.3) is 0 Å². The van der Waals surface area contributed by atoms with Crippen molar-refractivity contribution < 1.29 is 0 Å². The Bertz CT molecular complexity index is 588. The molecule has 0 saturated carbocycles. The molecular formula is C12H11BrN4S. The van der Waals surface area contributed by atoms with E-state index in [4.69, 9.17) is 5.26 Å². The van der Waals surface area contributed by atoms with Gasteiger partial charge < -0.3 is 5.32 Å². The summed E-state index contributed by atoms with van der Waals surface area (Å²) in [5, 5.41) is 22.2. The van der Waals surface area contributed by atoms with Crippen LogP contribution in [0, 0.1) is 18.3 Å². The van der Waals surface area contributed by atoms with Gasteiger partial charge in [0.05, 0.1) is 11.6 Å². The maximum Gasteiger partial charge on any atom is 0.119 e. The molecule has 4 nitrogen and oxygen atoms in total. The highest BCUT2D eigenvalue weighted by Crippen LogP contribution is 2.23. The molecule has 6 heteroatoms. The predicted octanol–water partition coefficient (Wildman–Crippen LogP) is 3.14. The second-order valence-electron chi connectivity index (χ2n) is 3.70. The smallest absolute Gasteiger partial charge is 0.119 e. The molecule has 1 aromatic heterocycles. The molecule has 0 fully saturated rings. The minimum Gasteiger partial charge on any atom is -0.384 e. The van der Waals surface area contributed by atoms with Gasteiger partial charge in [-0.15, -0.1) is 21.5 Å². The first-order valence-corrected chi connectivity index (χ1v) is 7.02. The van der Waals surface area contributed by atoms with Gasteiger partial charge in [0.15, 0.2) is 0 Å². The van der Waals surface area contributed by atoms with Crippen LogP contribution in [0.15, 0.2) is 22.7 Å². The number of rotatable bonds is 4. The van der Waals surface area contributed by atoms with Crippen molar-refractivity contribution in [3.63, 3.8) is 0 Å². The highest BCUT2D eigenvalue weighted by atomic mass is 79.9. The molecule has 0 aliphatic heterocycles. The molecule has 2 rings (SSSR count). The van der Waals surface area contributed by atoms with Gasteiger partial charge in [0.25, 0.3) is 0 Å². The topological polar surface area (TPSA) is 61.6 Å². The fraction of sp³-hybridized carbons (Fsp3) is 0.250. The minimum absolute atomic E-state index is 0.646. The van der Waals surface area contributed by atoms with Gasteiger partial charge in [0.2, 0.25) is 0 Å². The van der Waals surface area contributed by atoms with Gasteiger partial charge in [-0.2, -0.15) is 5.26 Å². The van der Waals surface area contributed by atoms with Gasteiger partial charge in [-0.05, 0) is 41.1 Å².